The van der Waals surface area contributed by atoms with E-state index in [9.17, 15) is 13.6 Å². The molecule has 1 unspecified atom stereocenters. The van der Waals surface area contributed by atoms with E-state index in [1.54, 1.807) is 38.1 Å². The van der Waals surface area contributed by atoms with Crippen molar-refractivity contribution in [2.75, 3.05) is 0 Å². The second-order valence-electron chi connectivity index (χ2n) is 5.51. The minimum absolute atomic E-state index is 0.348. The zero-order chi connectivity index (χ0) is 17.0. The zero-order valence-electron chi connectivity index (χ0n) is 13.0. The summed E-state index contributed by atoms with van der Waals surface area (Å²) in [5.74, 6) is -1.58. The molecule has 2 N–H and O–H groups in total. The lowest BCUT2D eigenvalue weighted by atomic mass is 9.87. The largest absolute Gasteiger partial charge is 0.461 e. The molecule has 5 heteroatoms. The van der Waals surface area contributed by atoms with Crippen LogP contribution in [0.15, 0.2) is 48.5 Å². The lowest BCUT2D eigenvalue weighted by Crippen LogP contribution is -2.33. The van der Waals surface area contributed by atoms with Gasteiger partial charge in [-0.05, 0) is 49.2 Å². The lowest BCUT2D eigenvalue weighted by Gasteiger charge is -2.26. The summed E-state index contributed by atoms with van der Waals surface area (Å²) in [5, 5.41) is 0. The molecule has 2 aromatic rings. The normalized spacial score (nSPS) is 13.7. The quantitative estimate of drug-likeness (QED) is 0.860. The summed E-state index contributed by atoms with van der Waals surface area (Å²) >= 11 is 0. The number of benzene rings is 2. The number of hydrogen-bond donors (Lipinski definition) is 1. The molecule has 2 aromatic carbocycles. The van der Waals surface area contributed by atoms with Crippen LogP contribution < -0.4 is 5.73 Å². The minimum Gasteiger partial charge on any atom is -0.461 e. The van der Waals surface area contributed by atoms with Gasteiger partial charge in [0, 0.05) is 5.92 Å². The fourth-order valence-corrected chi connectivity index (χ4v) is 2.43. The van der Waals surface area contributed by atoms with Crippen LogP contribution >= 0.6 is 0 Å². The second-order valence-corrected chi connectivity index (χ2v) is 5.51. The first-order valence-corrected chi connectivity index (χ1v) is 7.35. The zero-order valence-corrected chi connectivity index (χ0v) is 13.0. The summed E-state index contributed by atoms with van der Waals surface area (Å²) in [6, 6.07) is 11.1. The molecule has 0 radical (unpaired) electrons. The van der Waals surface area contributed by atoms with E-state index in [-0.39, 0.29) is 17.6 Å². The number of carbonyl (C=O) groups excluding carboxylic acids is 1. The molecule has 0 saturated carbocycles. The highest BCUT2D eigenvalue weighted by molar-refractivity contribution is 5.75. The van der Waals surface area contributed by atoms with E-state index >= 15 is 0 Å². The smallest absolute Gasteiger partial charge is 0.322 e. The molecule has 0 spiro atoms. The van der Waals surface area contributed by atoms with Crippen LogP contribution in [0.4, 0.5) is 8.78 Å². The van der Waals surface area contributed by atoms with Crippen molar-refractivity contribution in [3.8, 4) is 0 Å². The first-order chi connectivity index (χ1) is 10.9. The first-order valence-electron chi connectivity index (χ1n) is 7.35. The molecule has 0 aliphatic carbocycles. The second kappa shape index (κ2) is 7.33. The summed E-state index contributed by atoms with van der Waals surface area (Å²) in [4.78, 5) is 11.8. The maximum absolute atomic E-state index is 13.2. The average Bonchev–Trinajstić information content (AvgIpc) is 2.51. The Morgan fingerprint density at radius 3 is 1.65 bits per heavy atom. The summed E-state index contributed by atoms with van der Waals surface area (Å²) in [6.07, 6.45) is -0.538. The monoisotopic (exact) mass is 319 g/mol. The molecule has 0 aliphatic heterocycles. The summed E-state index contributed by atoms with van der Waals surface area (Å²) in [6.45, 7) is 3.28. The van der Waals surface area contributed by atoms with Crippen LogP contribution in [0.5, 0.6) is 0 Å². The Morgan fingerprint density at radius 1 is 0.913 bits per heavy atom. The predicted octanol–water partition coefficient (Wildman–Crippen LogP) is 3.38. The standard InChI is InChI=1S/C18H19F2NO2/c1-11(21)18(22)23-12(2)17(13-3-7-15(19)8-4-13)14-5-9-16(20)10-6-14/h3-12,17H,21H2,1-2H3/t11?,12-/m0/s1. The highest BCUT2D eigenvalue weighted by Crippen LogP contribution is 2.30. The van der Waals surface area contributed by atoms with Gasteiger partial charge in [-0.3, -0.25) is 4.79 Å². The first kappa shape index (κ1) is 17.1. The van der Waals surface area contributed by atoms with Crippen LogP contribution in [-0.2, 0) is 9.53 Å². The van der Waals surface area contributed by atoms with Crippen molar-refractivity contribution in [2.24, 2.45) is 5.73 Å². The minimum atomic E-state index is -0.737. The van der Waals surface area contributed by atoms with Crippen molar-refractivity contribution in [1.82, 2.24) is 0 Å². The number of halogens is 2. The number of nitrogens with two attached hydrogens (primary N) is 1. The van der Waals surface area contributed by atoms with Crippen LogP contribution in [0.25, 0.3) is 0 Å². The molecule has 0 aliphatic rings. The van der Waals surface area contributed by atoms with Gasteiger partial charge in [0.2, 0.25) is 0 Å². The maximum Gasteiger partial charge on any atom is 0.322 e. The topological polar surface area (TPSA) is 52.3 Å². The van der Waals surface area contributed by atoms with Crippen LogP contribution in [0, 0.1) is 11.6 Å². The van der Waals surface area contributed by atoms with E-state index in [0.717, 1.165) is 11.1 Å². The molecule has 122 valence electrons. The molecular formula is C18H19F2NO2. The Bertz CT molecular complexity index is 608. The van der Waals surface area contributed by atoms with Gasteiger partial charge in [0.25, 0.3) is 0 Å². The van der Waals surface area contributed by atoms with E-state index in [1.807, 2.05) is 0 Å². The third-order valence-corrected chi connectivity index (χ3v) is 3.60. The van der Waals surface area contributed by atoms with Crippen LogP contribution in [0.2, 0.25) is 0 Å². The molecule has 2 atom stereocenters. The van der Waals surface area contributed by atoms with Crippen molar-refractivity contribution in [3.63, 3.8) is 0 Å². The van der Waals surface area contributed by atoms with E-state index in [4.69, 9.17) is 10.5 Å². The number of carbonyl (C=O) groups is 1. The van der Waals surface area contributed by atoms with E-state index in [1.165, 1.54) is 24.3 Å². The van der Waals surface area contributed by atoms with Gasteiger partial charge < -0.3 is 10.5 Å². The van der Waals surface area contributed by atoms with Crippen molar-refractivity contribution in [3.05, 3.63) is 71.3 Å². The van der Waals surface area contributed by atoms with Gasteiger partial charge in [0.1, 0.15) is 23.8 Å². The number of ether oxygens (including phenoxy) is 1. The number of esters is 1. The molecule has 0 saturated heterocycles. The SMILES string of the molecule is CC(N)C(=O)O[C@@H](C)C(c1ccc(F)cc1)c1ccc(F)cc1. The fourth-order valence-electron chi connectivity index (χ4n) is 2.43. The Hall–Kier alpha value is -2.27. The van der Waals surface area contributed by atoms with E-state index in [2.05, 4.69) is 0 Å². The van der Waals surface area contributed by atoms with Gasteiger partial charge in [-0.25, -0.2) is 8.78 Å². The van der Waals surface area contributed by atoms with Gasteiger partial charge >= 0.3 is 5.97 Å². The summed E-state index contributed by atoms with van der Waals surface area (Å²) in [5.41, 5.74) is 7.06. The van der Waals surface area contributed by atoms with Crippen molar-refractivity contribution >= 4 is 5.97 Å². The highest BCUT2D eigenvalue weighted by atomic mass is 19.1. The Balaban J connectivity index is 2.36. The van der Waals surface area contributed by atoms with Crippen LogP contribution in [-0.4, -0.2) is 18.1 Å². The lowest BCUT2D eigenvalue weighted by molar-refractivity contribution is -0.149. The molecule has 0 aromatic heterocycles. The van der Waals surface area contributed by atoms with E-state index < -0.39 is 18.1 Å². The van der Waals surface area contributed by atoms with Gasteiger partial charge in [-0.2, -0.15) is 0 Å². The third kappa shape index (κ3) is 4.36. The molecule has 0 amide bonds. The number of hydrogen-bond acceptors (Lipinski definition) is 3. The highest BCUT2D eigenvalue weighted by Gasteiger charge is 2.26. The van der Waals surface area contributed by atoms with Gasteiger partial charge in [0.05, 0.1) is 0 Å². The van der Waals surface area contributed by atoms with Crippen molar-refractivity contribution < 1.29 is 18.3 Å². The third-order valence-electron chi connectivity index (χ3n) is 3.60. The van der Waals surface area contributed by atoms with Crippen molar-refractivity contribution in [1.29, 1.82) is 0 Å². The molecule has 3 nitrogen and oxygen atoms in total. The van der Waals surface area contributed by atoms with Gasteiger partial charge in [0.15, 0.2) is 0 Å². The average molecular weight is 319 g/mol. The van der Waals surface area contributed by atoms with Gasteiger partial charge in [-0.15, -0.1) is 0 Å². The molecule has 2 rings (SSSR count). The number of rotatable bonds is 5. The molecule has 0 fully saturated rings. The summed E-state index contributed by atoms with van der Waals surface area (Å²) < 4.78 is 31.7. The Morgan fingerprint density at radius 2 is 1.30 bits per heavy atom. The summed E-state index contributed by atoms with van der Waals surface area (Å²) in [7, 11) is 0. The Kier molecular flexibility index (Phi) is 5.45. The predicted molar refractivity (Wildman–Crippen MR) is 83.8 cm³/mol. The maximum atomic E-state index is 13.2. The fraction of sp³-hybridized carbons (Fsp3) is 0.278. The molecule has 0 heterocycles. The Labute approximate surface area is 134 Å². The molecule has 23 heavy (non-hydrogen) atoms. The van der Waals surface area contributed by atoms with Gasteiger partial charge in [-0.1, -0.05) is 24.3 Å². The van der Waals surface area contributed by atoms with Crippen LogP contribution in [0.1, 0.15) is 30.9 Å². The van der Waals surface area contributed by atoms with E-state index in [0.29, 0.717) is 0 Å². The van der Waals surface area contributed by atoms with Crippen LogP contribution in [0.3, 0.4) is 0 Å². The molecule has 0 bridgehead atoms. The molecular weight excluding hydrogens is 300 g/mol. The van der Waals surface area contributed by atoms with Crippen molar-refractivity contribution in [2.45, 2.75) is 31.9 Å².